The minimum absolute atomic E-state index is 0.490. The second kappa shape index (κ2) is 3.57. The van der Waals surface area contributed by atoms with Crippen LogP contribution in [0.4, 0.5) is 0 Å². The van der Waals surface area contributed by atoms with Crippen molar-refractivity contribution in [2.45, 2.75) is 38.3 Å². The summed E-state index contributed by atoms with van der Waals surface area (Å²) in [6, 6.07) is -0.609. The summed E-state index contributed by atoms with van der Waals surface area (Å²) in [4.78, 5) is 21.5. The third-order valence-corrected chi connectivity index (χ3v) is 3.08. The molecule has 0 aliphatic carbocycles. The molecule has 5 nitrogen and oxygen atoms in total. The van der Waals surface area contributed by atoms with Gasteiger partial charge in [-0.05, 0) is 19.8 Å². The summed E-state index contributed by atoms with van der Waals surface area (Å²) >= 11 is 0. The van der Waals surface area contributed by atoms with Crippen LogP contribution in [-0.2, 0) is 9.59 Å². The Morgan fingerprint density at radius 2 is 2.07 bits per heavy atom. The molecule has 0 bridgehead atoms. The Hall–Kier alpha value is -1.10. The van der Waals surface area contributed by atoms with Crippen molar-refractivity contribution in [3.8, 4) is 0 Å². The molecule has 1 aliphatic heterocycles. The molecule has 5 heteroatoms. The van der Waals surface area contributed by atoms with Gasteiger partial charge in [-0.2, -0.15) is 0 Å². The van der Waals surface area contributed by atoms with E-state index in [-0.39, 0.29) is 0 Å². The van der Waals surface area contributed by atoms with Gasteiger partial charge in [-0.3, -0.25) is 14.9 Å². The molecule has 0 aromatic rings. The zero-order valence-electron chi connectivity index (χ0n) is 8.28. The van der Waals surface area contributed by atoms with Crippen LogP contribution in [0.5, 0.6) is 0 Å². The fraction of sp³-hybridized carbons (Fsp3) is 0.778. The van der Waals surface area contributed by atoms with Crippen molar-refractivity contribution in [1.82, 2.24) is 5.32 Å². The molecule has 0 spiro atoms. The highest BCUT2D eigenvalue weighted by Gasteiger charge is 2.43. The largest absolute Gasteiger partial charge is 0.481 e. The third kappa shape index (κ3) is 1.87. The lowest BCUT2D eigenvalue weighted by Gasteiger charge is -2.29. The van der Waals surface area contributed by atoms with E-state index in [0.29, 0.717) is 12.8 Å². The van der Waals surface area contributed by atoms with E-state index in [2.05, 4.69) is 5.32 Å². The fourth-order valence-corrected chi connectivity index (χ4v) is 1.79. The van der Waals surface area contributed by atoms with Crippen LogP contribution >= 0.6 is 0 Å². The molecule has 0 radical (unpaired) electrons. The number of carbonyl (C=O) groups is 2. The lowest BCUT2D eigenvalue weighted by atomic mass is 9.86. The summed E-state index contributed by atoms with van der Waals surface area (Å²) in [6.45, 7) is 3.36. The van der Waals surface area contributed by atoms with Crippen molar-refractivity contribution in [1.29, 1.82) is 0 Å². The van der Waals surface area contributed by atoms with E-state index >= 15 is 0 Å². The lowest BCUT2D eigenvalue weighted by molar-refractivity contribution is -0.145. The van der Waals surface area contributed by atoms with E-state index in [1.54, 1.807) is 13.8 Å². The minimum Gasteiger partial charge on any atom is -0.481 e. The standard InChI is InChI=1S/C9H15NO4/c1-5(7(11)12)9(2)4-3-6(10-9)8(13)14/h5-6,10H,3-4H2,1-2H3,(H,11,12)(H,13,14). The number of hydrogen-bond donors (Lipinski definition) is 3. The molecule has 3 atom stereocenters. The molecular formula is C9H15NO4. The molecule has 0 saturated carbocycles. The zero-order chi connectivity index (χ0) is 10.9. The van der Waals surface area contributed by atoms with Crippen LogP contribution < -0.4 is 5.32 Å². The quantitative estimate of drug-likeness (QED) is 0.611. The van der Waals surface area contributed by atoms with Crippen molar-refractivity contribution in [3.05, 3.63) is 0 Å². The first-order valence-corrected chi connectivity index (χ1v) is 4.60. The van der Waals surface area contributed by atoms with Crippen molar-refractivity contribution < 1.29 is 19.8 Å². The van der Waals surface area contributed by atoms with Crippen molar-refractivity contribution in [2.24, 2.45) is 5.92 Å². The van der Waals surface area contributed by atoms with Gasteiger partial charge in [-0.1, -0.05) is 6.92 Å². The summed E-state index contributed by atoms with van der Waals surface area (Å²) in [5.41, 5.74) is -0.602. The molecule has 14 heavy (non-hydrogen) atoms. The molecule has 0 aromatic heterocycles. The Morgan fingerprint density at radius 1 is 1.50 bits per heavy atom. The monoisotopic (exact) mass is 201 g/mol. The van der Waals surface area contributed by atoms with Gasteiger partial charge >= 0.3 is 11.9 Å². The molecular weight excluding hydrogens is 186 g/mol. The van der Waals surface area contributed by atoms with Gasteiger partial charge in [0.2, 0.25) is 0 Å². The third-order valence-electron chi connectivity index (χ3n) is 3.08. The van der Waals surface area contributed by atoms with Crippen LogP contribution in [0, 0.1) is 5.92 Å². The molecule has 1 saturated heterocycles. The maximum absolute atomic E-state index is 10.8. The second-order valence-electron chi connectivity index (χ2n) is 4.05. The summed E-state index contributed by atoms with van der Waals surface area (Å²) < 4.78 is 0. The van der Waals surface area contributed by atoms with E-state index in [1.165, 1.54) is 0 Å². The number of nitrogens with one attached hydrogen (secondary N) is 1. The molecule has 80 valence electrons. The Balaban J connectivity index is 2.70. The van der Waals surface area contributed by atoms with E-state index < -0.39 is 29.4 Å². The van der Waals surface area contributed by atoms with Crippen LogP contribution in [0.2, 0.25) is 0 Å². The van der Waals surface area contributed by atoms with Crippen molar-refractivity contribution in [3.63, 3.8) is 0 Å². The van der Waals surface area contributed by atoms with Crippen LogP contribution in [0.15, 0.2) is 0 Å². The molecule has 1 fully saturated rings. The second-order valence-corrected chi connectivity index (χ2v) is 4.05. The normalized spacial score (nSPS) is 34.0. The lowest BCUT2D eigenvalue weighted by Crippen LogP contribution is -2.50. The zero-order valence-corrected chi connectivity index (χ0v) is 8.28. The maximum Gasteiger partial charge on any atom is 0.320 e. The summed E-state index contributed by atoms with van der Waals surface area (Å²) in [5, 5.41) is 20.5. The van der Waals surface area contributed by atoms with Gasteiger partial charge in [0.15, 0.2) is 0 Å². The van der Waals surface area contributed by atoms with E-state index in [1.807, 2.05) is 0 Å². The fourth-order valence-electron chi connectivity index (χ4n) is 1.79. The number of carboxylic acid groups (broad SMARTS) is 2. The topological polar surface area (TPSA) is 86.6 Å². The molecule has 1 aliphatic rings. The predicted octanol–water partition coefficient (Wildman–Crippen LogP) is 0.302. The molecule has 0 aromatic carbocycles. The number of hydrogen-bond acceptors (Lipinski definition) is 3. The van der Waals surface area contributed by atoms with Crippen LogP contribution in [0.3, 0.4) is 0 Å². The van der Waals surface area contributed by atoms with Gasteiger partial charge in [-0.25, -0.2) is 0 Å². The first-order chi connectivity index (χ1) is 6.37. The smallest absolute Gasteiger partial charge is 0.320 e. The van der Waals surface area contributed by atoms with E-state index in [0.717, 1.165) is 0 Å². The van der Waals surface area contributed by atoms with Gasteiger partial charge in [-0.15, -0.1) is 0 Å². The minimum atomic E-state index is -0.911. The van der Waals surface area contributed by atoms with Crippen LogP contribution in [-0.4, -0.2) is 33.7 Å². The average molecular weight is 201 g/mol. The molecule has 3 N–H and O–H groups in total. The van der Waals surface area contributed by atoms with Gasteiger partial charge < -0.3 is 10.2 Å². The maximum atomic E-state index is 10.8. The van der Waals surface area contributed by atoms with Crippen molar-refractivity contribution >= 4 is 11.9 Å². The highest BCUT2D eigenvalue weighted by atomic mass is 16.4. The molecule has 0 amide bonds. The Morgan fingerprint density at radius 3 is 2.43 bits per heavy atom. The molecule has 1 heterocycles. The van der Waals surface area contributed by atoms with E-state index in [4.69, 9.17) is 10.2 Å². The number of rotatable bonds is 3. The number of aliphatic carboxylic acids is 2. The number of carboxylic acids is 2. The SMILES string of the molecule is CC(C(=O)O)C1(C)CCC(C(=O)O)N1. The van der Waals surface area contributed by atoms with E-state index in [9.17, 15) is 9.59 Å². The van der Waals surface area contributed by atoms with Gasteiger partial charge in [0.25, 0.3) is 0 Å². The highest BCUT2D eigenvalue weighted by molar-refractivity contribution is 5.75. The first kappa shape index (κ1) is 11.0. The Kier molecular flexibility index (Phi) is 2.80. The summed E-state index contributed by atoms with van der Waals surface area (Å²) in [7, 11) is 0. The average Bonchev–Trinajstić information content (AvgIpc) is 2.48. The van der Waals surface area contributed by atoms with Gasteiger partial charge in [0, 0.05) is 5.54 Å². The highest BCUT2D eigenvalue weighted by Crippen LogP contribution is 2.30. The Labute approximate surface area is 82.1 Å². The molecule has 1 rings (SSSR count). The molecule has 3 unspecified atom stereocenters. The first-order valence-electron chi connectivity index (χ1n) is 4.60. The van der Waals surface area contributed by atoms with Crippen molar-refractivity contribution in [2.75, 3.05) is 0 Å². The van der Waals surface area contributed by atoms with Crippen LogP contribution in [0.25, 0.3) is 0 Å². The van der Waals surface area contributed by atoms with Crippen LogP contribution in [0.1, 0.15) is 26.7 Å². The summed E-state index contributed by atoms with van der Waals surface area (Å²) in [5.74, 6) is -2.38. The predicted molar refractivity (Wildman–Crippen MR) is 49.0 cm³/mol. The summed E-state index contributed by atoms with van der Waals surface area (Å²) in [6.07, 6.45) is 1.07. The Bertz CT molecular complexity index is 266. The van der Waals surface area contributed by atoms with Gasteiger partial charge in [0.05, 0.1) is 5.92 Å². The van der Waals surface area contributed by atoms with Gasteiger partial charge in [0.1, 0.15) is 6.04 Å².